The van der Waals surface area contributed by atoms with Gasteiger partial charge in [-0.2, -0.15) is 0 Å². The Balaban J connectivity index is 1.97. The molecule has 3 nitrogen and oxygen atoms in total. The number of carbonyl (C=O) groups is 1. The molecule has 1 aliphatic rings. The van der Waals surface area contributed by atoms with Crippen LogP contribution in [0.1, 0.15) is 15.9 Å². The predicted molar refractivity (Wildman–Crippen MR) is 72.7 cm³/mol. The monoisotopic (exact) mass is 238 g/mol. The Labute approximate surface area is 106 Å². The molecule has 0 aromatic heterocycles. The third-order valence-electron chi connectivity index (χ3n) is 3.27. The Morgan fingerprint density at radius 3 is 2.67 bits per heavy atom. The van der Waals surface area contributed by atoms with Crippen LogP contribution in [-0.4, -0.2) is 12.5 Å². The highest BCUT2D eigenvalue weighted by molar-refractivity contribution is 6.07. The van der Waals surface area contributed by atoms with Crippen molar-refractivity contribution < 1.29 is 4.79 Å². The van der Waals surface area contributed by atoms with Crippen molar-refractivity contribution in [3.63, 3.8) is 0 Å². The topological polar surface area (TPSA) is 46.3 Å². The Hall–Kier alpha value is -2.29. The zero-order valence-corrected chi connectivity index (χ0v) is 9.97. The summed E-state index contributed by atoms with van der Waals surface area (Å²) in [5.74, 6) is 0.0416. The third kappa shape index (κ3) is 1.74. The van der Waals surface area contributed by atoms with E-state index in [1.165, 1.54) is 5.56 Å². The van der Waals surface area contributed by atoms with Crippen LogP contribution < -0.4 is 10.6 Å². The van der Waals surface area contributed by atoms with Gasteiger partial charge in [-0.3, -0.25) is 4.79 Å². The number of nitrogens with zero attached hydrogens (tertiary/aromatic N) is 1. The Morgan fingerprint density at radius 2 is 1.89 bits per heavy atom. The fourth-order valence-electron chi connectivity index (χ4n) is 2.34. The van der Waals surface area contributed by atoms with Gasteiger partial charge in [-0.15, -0.1) is 0 Å². The van der Waals surface area contributed by atoms with Gasteiger partial charge in [0.25, 0.3) is 5.91 Å². The second kappa shape index (κ2) is 4.18. The van der Waals surface area contributed by atoms with Crippen LogP contribution in [0.3, 0.4) is 0 Å². The number of rotatable bonds is 1. The van der Waals surface area contributed by atoms with E-state index in [2.05, 4.69) is 0 Å². The summed E-state index contributed by atoms with van der Waals surface area (Å²) in [5, 5.41) is 0. The zero-order chi connectivity index (χ0) is 12.5. The van der Waals surface area contributed by atoms with Gasteiger partial charge in [-0.25, -0.2) is 0 Å². The van der Waals surface area contributed by atoms with E-state index in [9.17, 15) is 4.79 Å². The van der Waals surface area contributed by atoms with Crippen LogP contribution >= 0.6 is 0 Å². The quantitative estimate of drug-likeness (QED) is 0.776. The second-order valence-electron chi connectivity index (χ2n) is 4.46. The van der Waals surface area contributed by atoms with Crippen molar-refractivity contribution in [1.82, 2.24) is 0 Å². The van der Waals surface area contributed by atoms with Crippen LogP contribution in [0, 0.1) is 0 Å². The van der Waals surface area contributed by atoms with Crippen molar-refractivity contribution in [3.8, 4) is 0 Å². The summed E-state index contributed by atoms with van der Waals surface area (Å²) in [6.45, 7) is 0.729. The number of carbonyl (C=O) groups excluding carboxylic acids is 1. The summed E-state index contributed by atoms with van der Waals surface area (Å²) in [7, 11) is 0. The molecule has 3 rings (SSSR count). The minimum absolute atomic E-state index is 0.0416. The summed E-state index contributed by atoms with van der Waals surface area (Å²) in [4.78, 5) is 14.2. The maximum Gasteiger partial charge on any atom is 0.258 e. The van der Waals surface area contributed by atoms with E-state index in [1.807, 2.05) is 48.5 Å². The smallest absolute Gasteiger partial charge is 0.258 e. The SMILES string of the molecule is Nc1ccc2c(c1)N(C(=O)c1ccccc1)CC2. The van der Waals surface area contributed by atoms with Crippen LogP contribution in [0.25, 0.3) is 0 Å². The molecule has 1 amide bonds. The first-order valence-electron chi connectivity index (χ1n) is 6.01. The van der Waals surface area contributed by atoms with Crippen molar-refractivity contribution in [2.45, 2.75) is 6.42 Å². The fourth-order valence-corrected chi connectivity index (χ4v) is 2.34. The van der Waals surface area contributed by atoms with Crippen molar-refractivity contribution in [3.05, 3.63) is 59.7 Å². The van der Waals surface area contributed by atoms with E-state index in [0.717, 1.165) is 18.7 Å². The summed E-state index contributed by atoms with van der Waals surface area (Å²) in [6, 6.07) is 15.1. The van der Waals surface area contributed by atoms with Gasteiger partial charge in [-0.05, 0) is 36.2 Å². The van der Waals surface area contributed by atoms with Gasteiger partial charge in [0.15, 0.2) is 0 Å². The van der Waals surface area contributed by atoms with Gasteiger partial charge in [0.05, 0.1) is 0 Å². The Bertz CT molecular complexity index is 593. The highest BCUT2D eigenvalue weighted by Gasteiger charge is 2.25. The van der Waals surface area contributed by atoms with Crippen molar-refractivity contribution in [1.29, 1.82) is 0 Å². The van der Waals surface area contributed by atoms with Crippen molar-refractivity contribution in [2.24, 2.45) is 0 Å². The molecular weight excluding hydrogens is 224 g/mol. The highest BCUT2D eigenvalue weighted by Crippen LogP contribution is 2.30. The number of anilines is 2. The summed E-state index contributed by atoms with van der Waals surface area (Å²) < 4.78 is 0. The molecule has 0 saturated heterocycles. The van der Waals surface area contributed by atoms with Gasteiger partial charge in [0.1, 0.15) is 0 Å². The van der Waals surface area contributed by atoms with E-state index in [0.29, 0.717) is 11.3 Å². The summed E-state index contributed by atoms with van der Waals surface area (Å²) in [6.07, 6.45) is 0.897. The van der Waals surface area contributed by atoms with Gasteiger partial charge in [-0.1, -0.05) is 24.3 Å². The molecule has 1 aliphatic heterocycles. The molecule has 0 saturated carbocycles. The van der Waals surface area contributed by atoms with Crippen LogP contribution in [0.5, 0.6) is 0 Å². The van der Waals surface area contributed by atoms with E-state index >= 15 is 0 Å². The number of nitrogen functional groups attached to an aromatic ring is 1. The molecular formula is C15H14N2O. The van der Waals surface area contributed by atoms with Gasteiger partial charge in [0.2, 0.25) is 0 Å². The van der Waals surface area contributed by atoms with Crippen molar-refractivity contribution >= 4 is 17.3 Å². The lowest BCUT2D eigenvalue weighted by Gasteiger charge is -2.17. The largest absolute Gasteiger partial charge is 0.399 e. The molecule has 0 atom stereocenters. The van der Waals surface area contributed by atoms with E-state index in [4.69, 9.17) is 5.73 Å². The first kappa shape index (κ1) is 10.8. The Kier molecular flexibility index (Phi) is 2.52. The first-order chi connectivity index (χ1) is 8.75. The fraction of sp³-hybridized carbons (Fsp3) is 0.133. The lowest BCUT2D eigenvalue weighted by Crippen LogP contribution is -2.28. The number of hydrogen-bond acceptors (Lipinski definition) is 2. The molecule has 0 unspecified atom stereocenters. The molecule has 0 spiro atoms. The highest BCUT2D eigenvalue weighted by atomic mass is 16.2. The van der Waals surface area contributed by atoms with Gasteiger partial charge < -0.3 is 10.6 Å². The molecule has 2 aromatic rings. The predicted octanol–water partition coefficient (Wildman–Crippen LogP) is 2.47. The molecule has 0 aliphatic carbocycles. The minimum atomic E-state index is 0.0416. The number of benzene rings is 2. The van der Waals surface area contributed by atoms with Gasteiger partial charge in [0, 0.05) is 23.5 Å². The van der Waals surface area contributed by atoms with Crippen molar-refractivity contribution in [2.75, 3.05) is 17.2 Å². The molecule has 0 fully saturated rings. The molecule has 18 heavy (non-hydrogen) atoms. The maximum absolute atomic E-state index is 12.4. The minimum Gasteiger partial charge on any atom is -0.399 e. The average molecular weight is 238 g/mol. The van der Waals surface area contributed by atoms with Crippen LogP contribution in [0.4, 0.5) is 11.4 Å². The first-order valence-corrected chi connectivity index (χ1v) is 6.01. The molecule has 1 heterocycles. The van der Waals surface area contributed by atoms with E-state index in [-0.39, 0.29) is 5.91 Å². The molecule has 90 valence electrons. The zero-order valence-electron chi connectivity index (χ0n) is 9.97. The summed E-state index contributed by atoms with van der Waals surface area (Å²) in [5.41, 5.74) is 9.34. The molecule has 2 N–H and O–H groups in total. The Morgan fingerprint density at radius 1 is 1.11 bits per heavy atom. The molecule has 2 aromatic carbocycles. The number of amides is 1. The van der Waals surface area contributed by atoms with Gasteiger partial charge >= 0.3 is 0 Å². The maximum atomic E-state index is 12.4. The molecule has 3 heteroatoms. The normalized spacial score (nSPS) is 13.4. The van der Waals surface area contributed by atoms with Crippen LogP contribution in [-0.2, 0) is 6.42 Å². The lowest BCUT2D eigenvalue weighted by atomic mass is 10.1. The lowest BCUT2D eigenvalue weighted by molar-refractivity contribution is 0.0989. The third-order valence-corrected chi connectivity index (χ3v) is 3.27. The number of hydrogen-bond donors (Lipinski definition) is 1. The van der Waals surface area contributed by atoms with E-state index < -0.39 is 0 Å². The molecule has 0 bridgehead atoms. The second-order valence-corrected chi connectivity index (χ2v) is 4.46. The molecule has 0 radical (unpaired) electrons. The van der Waals surface area contributed by atoms with Crippen LogP contribution in [0.2, 0.25) is 0 Å². The van der Waals surface area contributed by atoms with Crippen LogP contribution in [0.15, 0.2) is 48.5 Å². The van der Waals surface area contributed by atoms with E-state index in [1.54, 1.807) is 4.90 Å². The number of nitrogens with two attached hydrogens (primary N) is 1. The summed E-state index contributed by atoms with van der Waals surface area (Å²) >= 11 is 0. The number of fused-ring (bicyclic) bond motifs is 1. The standard InChI is InChI=1S/C15H14N2O/c16-13-7-6-11-8-9-17(14(11)10-13)15(18)12-4-2-1-3-5-12/h1-7,10H,8-9,16H2. The average Bonchev–Trinajstić information content (AvgIpc) is 2.82.